The van der Waals surface area contributed by atoms with Crippen LogP contribution in [0.25, 0.3) is 0 Å². The van der Waals surface area contributed by atoms with Crippen LogP contribution in [0.2, 0.25) is 0 Å². The summed E-state index contributed by atoms with van der Waals surface area (Å²) in [5.41, 5.74) is 0. The molecule has 1 aromatic rings. The molecule has 3 radical (unpaired) electrons. The molecule has 1 nitrogen and oxygen atoms in total. The Morgan fingerprint density at radius 3 is 1.92 bits per heavy atom. The van der Waals surface area contributed by atoms with Crippen LogP contribution in [0.3, 0.4) is 0 Å². The summed E-state index contributed by atoms with van der Waals surface area (Å²) in [6.45, 7) is 0. The molecule has 0 fully saturated rings. The van der Waals surface area contributed by atoms with Crippen LogP contribution in [0.5, 0.6) is 0 Å². The molecule has 13 heavy (non-hydrogen) atoms. The molecule has 0 amide bonds. The molecule has 4 heteroatoms. The van der Waals surface area contributed by atoms with E-state index < -0.39 is 11.6 Å². The number of hydrogen-bond donors (Lipinski definition) is 0. The van der Waals surface area contributed by atoms with Crippen molar-refractivity contribution in [2.45, 2.75) is 0 Å². The molecular weight excluding hydrogens is 279 g/mol. The summed E-state index contributed by atoms with van der Waals surface area (Å²) in [6.07, 6.45) is 0. The summed E-state index contributed by atoms with van der Waals surface area (Å²) in [6, 6.07) is 4.18. The first-order valence-electron chi connectivity index (χ1n) is 3.71. The van der Waals surface area contributed by atoms with Crippen LogP contribution in [0.15, 0.2) is 18.2 Å². The van der Waals surface area contributed by atoms with Crippen LogP contribution < -0.4 is 3.58 Å². The van der Waals surface area contributed by atoms with E-state index in [4.69, 9.17) is 0 Å². The van der Waals surface area contributed by atoms with Gasteiger partial charge in [-0.05, 0) is 21.1 Å². The van der Waals surface area contributed by atoms with Gasteiger partial charge in [-0.25, -0.2) is 0 Å². The van der Waals surface area contributed by atoms with Gasteiger partial charge in [0.15, 0.2) is 0 Å². The van der Waals surface area contributed by atoms with Gasteiger partial charge in [0, 0.05) is 0 Å². The van der Waals surface area contributed by atoms with Crippen molar-refractivity contribution in [1.82, 2.24) is 4.90 Å². The molecule has 0 heterocycles. The Morgan fingerprint density at radius 2 is 1.62 bits per heavy atom. The summed E-state index contributed by atoms with van der Waals surface area (Å²) < 4.78 is 25.0. The fraction of sp³-hybridized carbons (Fsp3) is 0.333. The number of halogens is 2. The third kappa shape index (κ3) is 5.98. The van der Waals surface area contributed by atoms with Gasteiger partial charge in [0.1, 0.15) is 0 Å². The Balaban J connectivity index is 0.000000310. The maximum absolute atomic E-state index is 12.4. The molecule has 0 aliphatic heterocycles. The average molecular weight is 291 g/mol. The molecule has 1 rings (SSSR count). The van der Waals surface area contributed by atoms with Gasteiger partial charge in [0.25, 0.3) is 0 Å². The molecule has 71 valence electrons. The van der Waals surface area contributed by atoms with Gasteiger partial charge in [-0.3, -0.25) is 0 Å². The SMILES string of the molecule is CN(C)C.Fc1ccc[c]([Sn])c1F. The zero-order chi connectivity index (χ0) is 10.4. The Bertz CT molecular complexity index is 241. The first-order chi connectivity index (χ1) is 5.95. The quantitative estimate of drug-likeness (QED) is 0.643. The van der Waals surface area contributed by atoms with E-state index in [9.17, 15) is 8.78 Å². The van der Waals surface area contributed by atoms with E-state index in [2.05, 4.69) is 0 Å². The van der Waals surface area contributed by atoms with E-state index in [0.29, 0.717) is 3.58 Å². The predicted octanol–water partition coefficient (Wildman–Crippen LogP) is 0.936. The summed E-state index contributed by atoms with van der Waals surface area (Å²) in [7, 11) is 6.00. The fourth-order valence-corrected chi connectivity index (χ4v) is 1.12. The molecule has 0 bridgehead atoms. The summed E-state index contributed by atoms with van der Waals surface area (Å²) in [5.74, 6) is -1.47. The van der Waals surface area contributed by atoms with Crippen molar-refractivity contribution in [2.75, 3.05) is 21.1 Å². The van der Waals surface area contributed by atoms with Crippen molar-refractivity contribution in [3.63, 3.8) is 0 Å². The number of nitrogens with zero attached hydrogens (tertiary/aromatic N) is 1. The second kappa shape index (κ2) is 6.32. The monoisotopic (exact) mass is 292 g/mol. The standard InChI is InChI=1S/C6H3F2.C3H9N.Sn/c7-5-3-1-2-4-6(5)8;1-4(2)3;/h1-3H;1-3H3;. The number of hydrogen-bond acceptors (Lipinski definition) is 1. The molecular formula is C9H12F2NSn. The fourth-order valence-electron chi connectivity index (χ4n) is 0.504. The third-order valence-corrected chi connectivity index (χ3v) is 2.05. The van der Waals surface area contributed by atoms with Crippen LogP contribution >= 0.6 is 0 Å². The summed E-state index contributed by atoms with van der Waals surface area (Å²) >= 11 is 0.900. The second-order valence-electron chi connectivity index (χ2n) is 2.94. The molecule has 0 aliphatic carbocycles. The van der Waals surface area contributed by atoms with Gasteiger partial charge in [0.2, 0.25) is 0 Å². The maximum atomic E-state index is 12.4. The zero-order valence-electron chi connectivity index (χ0n) is 7.94. The van der Waals surface area contributed by atoms with E-state index >= 15 is 0 Å². The van der Waals surface area contributed by atoms with Gasteiger partial charge in [-0.1, -0.05) is 0 Å². The Hall–Kier alpha value is -0.161. The molecule has 0 saturated carbocycles. The van der Waals surface area contributed by atoms with Crippen molar-refractivity contribution >= 4 is 26.1 Å². The van der Waals surface area contributed by atoms with Crippen LogP contribution in [0.4, 0.5) is 8.78 Å². The molecule has 0 atom stereocenters. The van der Waals surface area contributed by atoms with E-state index in [-0.39, 0.29) is 0 Å². The van der Waals surface area contributed by atoms with E-state index in [1.807, 2.05) is 26.0 Å². The van der Waals surface area contributed by atoms with E-state index in [1.165, 1.54) is 6.07 Å². The normalized spacial score (nSPS) is 9.46. The van der Waals surface area contributed by atoms with Gasteiger partial charge >= 0.3 is 64.7 Å². The topological polar surface area (TPSA) is 3.24 Å². The summed E-state index contributed by atoms with van der Waals surface area (Å²) in [5, 5.41) is 0. The van der Waals surface area contributed by atoms with Crippen LogP contribution in [-0.2, 0) is 0 Å². The Kier molecular flexibility index (Phi) is 6.24. The molecule has 0 spiro atoms. The van der Waals surface area contributed by atoms with Crippen molar-refractivity contribution < 1.29 is 8.78 Å². The van der Waals surface area contributed by atoms with Crippen molar-refractivity contribution in [2.24, 2.45) is 0 Å². The molecule has 0 unspecified atom stereocenters. The first kappa shape index (κ1) is 12.8. The summed E-state index contributed by atoms with van der Waals surface area (Å²) in [4.78, 5) is 2.00. The van der Waals surface area contributed by atoms with Gasteiger partial charge < -0.3 is 4.90 Å². The second-order valence-corrected chi connectivity index (χ2v) is 4.48. The zero-order valence-corrected chi connectivity index (χ0v) is 10.8. The third-order valence-electron chi connectivity index (χ3n) is 0.952. The average Bonchev–Trinajstić information content (AvgIpc) is 1.99. The van der Waals surface area contributed by atoms with Crippen molar-refractivity contribution in [1.29, 1.82) is 0 Å². The molecule has 0 aromatic heterocycles. The van der Waals surface area contributed by atoms with Crippen molar-refractivity contribution in [3.05, 3.63) is 29.8 Å². The molecule has 0 aliphatic rings. The minimum atomic E-state index is -0.760. The van der Waals surface area contributed by atoms with Gasteiger partial charge in [-0.2, -0.15) is 0 Å². The van der Waals surface area contributed by atoms with Crippen LogP contribution in [0, 0.1) is 11.6 Å². The van der Waals surface area contributed by atoms with Crippen LogP contribution in [-0.4, -0.2) is 48.6 Å². The molecule has 0 saturated heterocycles. The van der Waals surface area contributed by atoms with Crippen molar-refractivity contribution in [3.8, 4) is 0 Å². The van der Waals surface area contributed by atoms with E-state index in [0.717, 1.165) is 28.6 Å². The predicted molar refractivity (Wildman–Crippen MR) is 51.4 cm³/mol. The first-order valence-corrected chi connectivity index (χ1v) is 5.14. The Morgan fingerprint density at radius 1 is 1.15 bits per heavy atom. The number of benzene rings is 1. The Labute approximate surface area is 90.8 Å². The number of rotatable bonds is 0. The minimum absolute atomic E-state index is 0.433. The molecule has 0 N–H and O–H groups in total. The van der Waals surface area contributed by atoms with Gasteiger partial charge in [0.05, 0.1) is 0 Å². The van der Waals surface area contributed by atoms with E-state index in [1.54, 1.807) is 6.07 Å². The van der Waals surface area contributed by atoms with Crippen LogP contribution in [0.1, 0.15) is 0 Å². The van der Waals surface area contributed by atoms with Gasteiger partial charge in [-0.15, -0.1) is 0 Å². The molecule has 1 aromatic carbocycles.